The van der Waals surface area contributed by atoms with E-state index in [-0.39, 0.29) is 5.41 Å². The molecule has 0 spiro atoms. The van der Waals surface area contributed by atoms with Crippen molar-refractivity contribution < 1.29 is 0 Å². The van der Waals surface area contributed by atoms with E-state index in [9.17, 15) is 0 Å². The second-order valence-electron chi connectivity index (χ2n) is 8.70. The zero-order chi connectivity index (χ0) is 21.8. The van der Waals surface area contributed by atoms with Crippen molar-refractivity contribution in [2.75, 3.05) is 30.3 Å². The van der Waals surface area contributed by atoms with Crippen molar-refractivity contribution in [2.45, 2.75) is 45.1 Å². The summed E-state index contributed by atoms with van der Waals surface area (Å²) in [6.45, 7) is 10.2. The Hall–Kier alpha value is -1.84. The van der Waals surface area contributed by atoms with E-state index in [4.69, 9.17) is 11.6 Å². The molecule has 1 fully saturated rings. The predicted octanol–water partition coefficient (Wildman–Crippen LogP) is 6.91. The smallest absolute Gasteiger partial charge is 0.0708 e. The summed E-state index contributed by atoms with van der Waals surface area (Å²) in [6.07, 6.45) is 9.13. The Morgan fingerprint density at radius 2 is 1.97 bits per heavy atom. The number of anilines is 1. The molecule has 0 saturated carbocycles. The Balaban J connectivity index is 1.73. The first-order chi connectivity index (χ1) is 15.1. The van der Waals surface area contributed by atoms with Gasteiger partial charge in [-0.3, -0.25) is 0 Å². The standard InChI is InChI=1S/C27H33ClN2S/c1-4-16-30-24-15-14-22(28)19-23(24)27(3,20-21-10-7-6-8-11-21)25(30)12-9-13-26-29(5-2)17-18-31-26/h6-15,19,25H,4-5,16-18,20H2,1-3H3/b12-9+,26-13-. The first-order valence-electron chi connectivity index (χ1n) is 11.4. The fourth-order valence-electron chi connectivity index (χ4n) is 5.08. The van der Waals surface area contributed by atoms with Gasteiger partial charge in [0.25, 0.3) is 0 Å². The molecule has 2 atom stereocenters. The number of allylic oxidation sites excluding steroid dienone is 2. The first kappa shape index (κ1) is 22.4. The molecule has 0 bridgehead atoms. The fourth-order valence-corrected chi connectivity index (χ4v) is 6.35. The molecule has 2 aromatic carbocycles. The van der Waals surface area contributed by atoms with Crippen LogP contribution in [-0.4, -0.2) is 36.3 Å². The Bertz CT molecular complexity index is 955. The molecule has 2 aromatic rings. The molecule has 164 valence electrons. The van der Waals surface area contributed by atoms with Crippen LogP contribution in [-0.2, 0) is 11.8 Å². The summed E-state index contributed by atoms with van der Waals surface area (Å²) in [6, 6.07) is 17.6. The molecule has 0 aromatic heterocycles. The summed E-state index contributed by atoms with van der Waals surface area (Å²) < 4.78 is 0. The molecule has 1 saturated heterocycles. The molecule has 4 rings (SSSR count). The number of benzene rings is 2. The van der Waals surface area contributed by atoms with Crippen molar-refractivity contribution in [3.05, 3.63) is 87.9 Å². The molecule has 2 unspecified atom stereocenters. The Morgan fingerprint density at radius 3 is 2.71 bits per heavy atom. The Morgan fingerprint density at radius 1 is 1.16 bits per heavy atom. The molecule has 0 N–H and O–H groups in total. The number of fused-ring (bicyclic) bond motifs is 1. The van der Waals surface area contributed by atoms with Crippen molar-refractivity contribution in [1.29, 1.82) is 0 Å². The lowest BCUT2D eigenvalue weighted by Gasteiger charge is -2.35. The van der Waals surface area contributed by atoms with Gasteiger partial charge in [0, 0.05) is 41.5 Å². The van der Waals surface area contributed by atoms with E-state index in [1.807, 2.05) is 17.8 Å². The number of hydrogen-bond donors (Lipinski definition) is 0. The summed E-state index contributed by atoms with van der Waals surface area (Å²) >= 11 is 8.46. The van der Waals surface area contributed by atoms with Crippen LogP contribution in [0.25, 0.3) is 0 Å². The maximum Gasteiger partial charge on any atom is 0.0708 e. The van der Waals surface area contributed by atoms with E-state index in [0.29, 0.717) is 6.04 Å². The van der Waals surface area contributed by atoms with Gasteiger partial charge in [-0.05, 0) is 55.2 Å². The van der Waals surface area contributed by atoms with Gasteiger partial charge in [-0.15, -0.1) is 11.8 Å². The fraction of sp³-hybridized carbons (Fsp3) is 0.407. The van der Waals surface area contributed by atoms with Gasteiger partial charge in [-0.25, -0.2) is 0 Å². The minimum Gasteiger partial charge on any atom is -0.366 e. The highest BCUT2D eigenvalue weighted by Crippen LogP contribution is 2.48. The highest BCUT2D eigenvalue weighted by molar-refractivity contribution is 8.03. The highest BCUT2D eigenvalue weighted by atomic mass is 35.5. The average molecular weight is 453 g/mol. The summed E-state index contributed by atoms with van der Waals surface area (Å²) in [5.74, 6) is 1.19. The van der Waals surface area contributed by atoms with E-state index < -0.39 is 0 Å². The lowest BCUT2D eigenvalue weighted by atomic mass is 9.73. The molecule has 0 aliphatic carbocycles. The number of nitrogens with zero attached hydrogens (tertiary/aromatic N) is 2. The van der Waals surface area contributed by atoms with Crippen LogP contribution in [0.4, 0.5) is 5.69 Å². The maximum absolute atomic E-state index is 6.49. The Kier molecular flexibility index (Phi) is 7.03. The number of hydrogen-bond acceptors (Lipinski definition) is 3. The van der Waals surface area contributed by atoms with Crippen LogP contribution in [0.5, 0.6) is 0 Å². The Labute approximate surface area is 197 Å². The van der Waals surface area contributed by atoms with Crippen molar-refractivity contribution in [3.8, 4) is 0 Å². The lowest BCUT2D eigenvalue weighted by Crippen LogP contribution is -2.43. The molecular formula is C27H33ClN2S. The molecule has 2 aliphatic rings. The van der Waals surface area contributed by atoms with Crippen molar-refractivity contribution in [2.24, 2.45) is 0 Å². The van der Waals surface area contributed by atoms with E-state index >= 15 is 0 Å². The maximum atomic E-state index is 6.49. The molecule has 4 heteroatoms. The van der Waals surface area contributed by atoms with Crippen LogP contribution in [0.3, 0.4) is 0 Å². The summed E-state index contributed by atoms with van der Waals surface area (Å²) in [4.78, 5) is 5.05. The largest absolute Gasteiger partial charge is 0.366 e. The topological polar surface area (TPSA) is 6.48 Å². The van der Waals surface area contributed by atoms with Gasteiger partial charge in [0.2, 0.25) is 0 Å². The third-order valence-corrected chi connectivity index (χ3v) is 7.90. The van der Waals surface area contributed by atoms with Crippen LogP contribution in [0.2, 0.25) is 5.02 Å². The molecule has 2 nitrogen and oxygen atoms in total. The van der Waals surface area contributed by atoms with E-state index in [2.05, 4.69) is 91.3 Å². The SMILES string of the molecule is CCCN1c2ccc(Cl)cc2C(C)(Cc2ccccc2)C1/C=C/C=C1\SCCN1CC. The third-order valence-electron chi connectivity index (χ3n) is 6.59. The predicted molar refractivity (Wildman–Crippen MR) is 137 cm³/mol. The van der Waals surface area contributed by atoms with Crippen LogP contribution in [0.15, 0.2) is 71.8 Å². The molecule has 0 radical (unpaired) electrons. The van der Waals surface area contributed by atoms with Crippen molar-refractivity contribution in [1.82, 2.24) is 4.90 Å². The van der Waals surface area contributed by atoms with Crippen molar-refractivity contribution in [3.63, 3.8) is 0 Å². The molecule has 2 heterocycles. The van der Waals surface area contributed by atoms with Crippen LogP contribution >= 0.6 is 23.4 Å². The molecule has 2 aliphatic heterocycles. The first-order valence-corrected chi connectivity index (χ1v) is 12.8. The van der Waals surface area contributed by atoms with Gasteiger partial charge in [0.1, 0.15) is 0 Å². The van der Waals surface area contributed by atoms with Crippen LogP contribution in [0, 0.1) is 0 Å². The summed E-state index contributed by atoms with van der Waals surface area (Å²) in [7, 11) is 0. The quantitative estimate of drug-likeness (QED) is 0.450. The van der Waals surface area contributed by atoms with E-state index in [1.165, 1.54) is 27.6 Å². The number of halogens is 1. The minimum absolute atomic E-state index is 0.0426. The normalized spacial score (nSPS) is 24.5. The zero-order valence-electron chi connectivity index (χ0n) is 18.9. The highest BCUT2D eigenvalue weighted by Gasteiger charge is 2.46. The van der Waals surface area contributed by atoms with Gasteiger partial charge in [-0.2, -0.15) is 0 Å². The lowest BCUT2D eigenvalue weighted by molar-refractivity contribution is 0.424. The van der Waals surface area contributed by atoms with Gasteiger partial charge < -0.3 is 9.80 Å². The zero-order valence-corrected chi connectivity index (χ0v) is 20.4. The number of thioether (sulfide) groups is 1. The average Bonchev–Trinajstić information content (AvgIpc) is 3.31. The second kappa shape index (κ2) is 9.75. The second-order valence-corrected chi connectivity index (χ2v) is 10.2. The van der Waals surface area contributed by atoms with Gasteiger partial charge in [0.15, 0.2) is 0 Å². The van der Waals surface area contributed by atoms with E-state index in [0.717, 1.165) is 37.5 Å². The van der Waals surface area contributed by atoms with Crippen molar-refractivity contribution >= 4 is 29.1 Å². The van der Waals surface area contributed by atoms with Crippen LogP contribution in [0.1, 0.15) is 38.3 Å². The molecular weight excluding hydrogens is 420 g/mol. The summed E-state index contributed by atoms with van der Waals surface area (Å²) in [5, 5.41) is 2.21. The third kappa shape index (κ3) is 4.54. The van der Waals surface area contributed by atoms with Crippen LogP contribution < -0.4 is 4.90 Å². The van der Waals surface area contributed by atoms with Gasteiger partial charge in [-0.1, -0.05) is 67.9 Å². The monoisotopic (exact) mass is 452 g/mol. The van der Waals surface area contributed by atoms with E-state index in [1.54, 1.807) is 0 Å². The van der Waals surface area contributed by atoms with Gasteiger partial charge in [0.05, 0.1) is 11.1 Å². The molecule has 0 amide bonds. The summed E-state index contributed by atoms with van der Waals surface area (Å²) in [5.41, 5.74) is 4.02. The minimum atomic E-state index is -0.0426. The van der Waals surface area contributed by atoms with Gasteiger partial charge >= 0.3 is 0 Å². The number of rotatable bonds is 7. The molecule has 31 heavy (non-hydrogen) atoms.